The summed E-state index contributed by atoms with van der Waals surface area (Å²) in [5.74, 6) is 1.56. The van der Waals surface area contributed by atoms with E-state index in [0.717, 1.165) is 38.6 Å². The van der Waals surface area contributed by atoms with Crippen molar-refractivity contribution in [3.63, 3.8) is 0 Å². The van der Waals surface area contributed by atoms with Gasteiger partial charge in [-0.1, -0.05) is 13.3 Å². The highest BCUT2D eigenvalue weighted by atomic mass is 16.5. The number of nitrogens with zero attached hydrogens (tertiary/aromatic N) is 3. The first kappa shape index (κ1) is 20.5. The number of nitrogens with one attached hydrogen (secondary N) is 2. The minimum Gasteiger partial charge on any atom is -0.385 e. The van der Waals surface area contributed by atoms with Gasteiger partial charge in [-0.05, 0) is 37.6 Å². The minimum atomic E-state index is 0.416. The van der Waals surface area contributed by atoms with E-state index in [0.29, 0.717) is 11.3 Å². The summed E-state index contributed by atoms with van der Waals surface area (Å²) in [5.41, 5.74) is 0.416. The van der Waals surface area contributed by atoms with Crippen LogP contribution in [0, 0.1) is 11.3 Å². The number of hydrogen-bond donors (Lipinski definition) is 2. The van der Waals surface area contributed by atoms with E-state index in [1.807, 2.05) is 7.05 Å². The van der Waals surface area contributed by atoms with Gasteiger partial charge in [-0.3, -0.25) is 4.99 Å². The number of likely N-dealkylation sites (N-methyl/N-ethyl adjacent to an activating group) is 1. The van der Waals surface area contributed by atoms with Crippen molar-refractivity contribution < 1.29 is 4.74 Å². The Morgan fingerprint density at radius 3 is 2.48 bits per heavy atom. The van der Waals surface area contributed by atoms with Gasteiger partial charge in [0, 0.05) is 66.6 Å². The highest BCUT2D eigenvalue weighted by molar-refractivity contribution is 5.79. The van der Waals surface area contributed by atoms with E-state index < -0.39 is 0 Å². The van der Waals surface area contributed by atoms with Crippen LogP contribution >= 0.6 is 0 Å². The van der Waals surface area contributed by atoms with Gasteiger partial charge in [0.25, 0.3) is 0 Å². The molecule has 0 bridgehead atoms. The zero-order valence-electron chi connectivity index (χ0n) is 16.8. The van der Waals surface area contributed by atoms with Crippen LogP contribution in [0.25, 0.3) is 0 Å². The van der Waals surface area contributed by atoms with E-state index in [-0.39, 0.29) is 0 Å². The van der Waals surface area contributed by atoms with Gasteiger partial charge >= 0.3 is 0 Å². The maximum absolute atomic E-state index is 5.28. The molecule has 1 unspecified atom stereocenters. The van der Waals surface area contributed by atoms with Crippen molar-refractivity contribution in [1.29, 1.82) is 0 Å². The van der Waals surface area contributed by atoms with Gasteiger partial charge in [-0.25, -0.2) is 0 Å². The second-order valence-electron chi connectivity index (χ2n) is 8.11. The van der Waals surface area contributed by atoms with Crippen LogP contribution in [0.2, 0.25) is 0 Å². The zero-order chi connectivity index (χ0) is 18.1. The minimum absolute atomic E-state index is 0.416. The first-order chi connectivity index (χ1) is 12.1. The van der Waals surface area contributed by atoms with Crippen LogP contribution in [0.5, 0.6) is 0 Å². The molecule has 1 saturated carbocycles. The summed E-state index contributed by atoms with van der Waals surface area (Å²) in [7, 11) is 5.87. The summed E-state index contributed by atoms with van der Waals surface area (Å²) in [4.78, 5) is 9.39. The van der Waals surface area contributed by atoms with E-state index in [9.17, 15) is 0 Å². The molecule has 0 aromatic heterocycles. The Kier molecular flexibility index (Phi) is 8.46. The van der Waals surface area contributed by atoms with E-state index in [2.05, 4.69) is 39.4 Å². The standard InChI is InChI=1S/C19H39N5O/c1-17(15-24-11-9-23(3)10-12-24)14-21-18(20-2)22-16-19(6-5-7-19)8-13-25-4/h17H,5-16H2,1-4H3,(H2,20,21,22). The van der Waals surface area contributed by atoms with Gasteiger partial charge in [0.1, 0.15) is 0 Å². The van der Waals surface area contributed by atoms with Crippen LogP contribution in [0.4, 0.5) is 0 Å². The summed E-state index contributed by atoms with van der Waals surface area (Å²) < 4.78 is 5.28. The molecule has 1 aliphatic heterocycles. The molecule has 0 spiro atoms. The van der Waals surface area contributed by atoms with Crippen LogP contribution < -0.4 is 10.6 Å². The Labute approximate surface area is 154 Å². The Morgan fingerprint density at radius 2 is 1.92 bits per heavy atom. The van der Waals surface area contributed by atoms with Crippen molar-refractivity contribution in [3.8, 4) is 0 Å². The van der Waals surface area contributed by atoms with E-state index >= 15 is 0 Å². The van der Waals surface area contributed by atoms with Gasteiger partial charge in [-0.15, -0.1) is 0 Å². The summed E-state index contributed by atoms with van der Waals surface area (Å²) in [5, 5.41) is 7.06. The SMILES string of the molecule is CN=C(NCC(C)CN1CCN(C)CC1)NCC1(CCOC)CCC1. The normalized spacial score (nSPS) is 23.1. The average molecular weight is 354 g/mol. The number of piperazine rings is 1. The molecule has 0 aromatic carbocycles. The highest BCUT2D eigenvalue weighted by Gasteiger charge is 2.36. The zero-order valence-corrected chi connectivity index (χ0v) is 16.8. The molecular formula is C19H39N5O. The van der Waals surface area contributed by atoms with Crippen molar-refractivity contribution in [1.82, 2.24) is 20.4 Å². The lowest BCUT2D eigenvalue weighted by Gasteiger charge is -2.42. The third-order valence-electron chi connectivity index (χ3n) is 5.89. The quantitative estimate of drug-likeness (QED) is 0.483. The molecule has 1 aliphatic carbocycles. The maximum Gasteiger partial charge on any atom is 0.191 e. The fraction of sp³-hybridized carbons (Fsp3) is 0.947. The molecule has 6 nitrogen and oxygen atoms in total. The van der Waals surface area contributed by atoms with Crippen molar-refractivity contribution in [3.05, 3.63) is 0 Å². The molecular weight excluding hydrogens is 314 g/mol. The van der Waals surface area contributed by atoms with Crippen LogP contribution in [0.3, 0.4) is 0 Å². The fourth-order valence-electron chi connectivity index (χ4n) is 3.81. The lowest BCUT2D eigenvalue weighted by atomic mass is 9.67. The van der Waals surface area contributed by atoms with Crippen molar-refractivity contribution >= 4 is 5.96 Å². The summed E-state index contributed by atoms with van der Waals surface area (Å²) >= 11 is 0. The Hall–Kier alpha value is -0.850. The van der Waals surface area contributed by atoms with Gasteiger partial charge in [0.05, 0.1) is 0 Å². The van der Waals surface area contributed by atoms with Gasteiger partial charge in [0.15, 0.2) is 5.96 Å². The summed E-state index contributed by atoms with van der Waals surface area (Å²) in [6.07, 6.45) is 5.10. The predicted molar refractivity (Wildman–Crippen MR) is 105 cm³/mol. The molecule has 146 valence electrons. The molecule has 0 aromatic rings. The predicted octanol–water partition coefficient (Wildman–Crippen LogP) is 1.24. The molecule has 6 heteroatoms. The first-order valence-electron chi connectivity index (χ1n) is 9.91. The lowest BCUT2D eigenvalue weighted by Crippen LogP contribution is -2.49. The molecule has 2 N–H and O–H groups in total. The molecule has 2 fully saturated rings. The highest BCUT2D eigenvalue weighted by Crippen LogP contribution is 2.43. The van der Waals surface area contributed by atoms with E-state index in [1.54, 1.807) is 7.11 Å². The largest absolute Gasteiger partial charge is 0.385 e. The van der Waals surface area contributed by atoms with E-state index in [1.165, 1.54) is 45.4 Å². The van der Waals surface area contributed by atoms with Crippen LogP contribution in [0.1, 0.15) is 32.6 Å². The average Bonchev–Trinajstić information content (AvgIpc) is 2.58. The number of aliphatic imine (C=N–C) groups is 1. The van der Waals surface area contributed by atoms with Gasteiger partial charge in [-0.2, -0.15) is 0 Å². The van der Waals surface area contributed by atoms with Crippen LogP contribution in [0.15, 0.2) is 4.99 Å². The lowest BCUT2D eigenvalue weighted by molar-refractivity contribution is 0.0732. The number of methoxy groups -OCH3 is 1. The first-order valence-corrected chi connectivity index (χ1v) is 9.91. The van der Waals surface area contributed by atoms with Gasteiger partial charge in [0.2, 0.25) is 0 Å². The van der Waals surface area contributed by atoms with E-state index in [4.69, 9.17) is 4.74 Å². The van der Waals surface area contributed by atoms with Gasteiger partial charge < -0.3 is 25.2 Å². The fourth-order valence-corrected chi connectivity index (χ4v) is 3.81. The summed E-state index contributed by atoms with van der Waals surface area (Å²) in [6.45, 7) is 11.1. The maximum atomic E-state index is 5.28. The number of rotatable bonds is 9. The topological polar surface area (TPSA) is 52.1 Å². The number of hydrogen-bond acceptors (Lipinski definition) is 4. The molecule has 1 heterocycles. The molecule has 0 amide bonds. The molecule has 25 heavy (non-hydrogen) atoms. The summed E-state index contributed by atoms with van der Waals surface area (Å²) in [6, 6.07) is 0. The number of ether oxygens (including phenoxy) is 1. The third kappa shape index (κ3) is 6.76. The molecule has 2 aliphatic rings. The monoisotopic (exact) mass is 353 g/mol. The number of guanidine groups is 1. The van der Waals surface area contributed by atoms with Crippen molar-refractivity contribution in [2.75, 3.05) is 73.6 Å². The van der Waals surface area contributed by atoms with Crippen LogP contribution in [-0.4, -0.2) is 89.4 Å². The molecule has 1 saturated heterocycles. The van der Waals surface area contributed by atoms with Crippen molar-refractivity contribution in [2.24, 2.45) is 16.3 Å². The molecule has 0 radical (unpaired) electrons. The molecule has 1 atom stereocenters. The Bertz CT molecular complexity index is 403. The molecule has 2 rings (SSSR count). The second-order valence-corrected chi connectivity index (χ2v) is 8.11. The van der Waals surface area contributed by atoms with Crippen molar-refractivity contribution in [2.45, 2.75) is 32.6 Å². The second kappa shape index (κ2) is 10.3. The third-order valence-corrected chi connectivity index (χ3v) is 5.89. The smallest absolute Gasteiger partial charge is 0.191 e. The van der Waals surface area contributed by atoms with Crippen LogP contribution in [-0.2, 0) is 4.74 Å². The Balaban J connectivity index is 1.65. The Morgan fingerprint density at radius 1 is 1.20 bits per heavy atom.